The zero-order valence-electron chi connectivity index (χ0n) is 18.7. The maximum atomic E-state index is 12.7. The monoisotopic (exact) mass is 438 g/mol. The van der Waals surface area contributed by atoms with Gasteiger partial charge in [0.1, 0.15) is 17.5 Å². The van der Waals surface area contributed by atoms with Gasteiger partial charge in [0.15, 0.2) is 5.82 Å². The number of anilines is 4. The molecule has 0 bridgehead atoms. The Morgan fingerprint density at radius 3 is 2.15 bits per heavy atom. The molecule has 0 atom stereocenters. The standard InChI is InChI=1S/C27H26N4O2/c1-2-33-27(32)22-15-19(16-28)25(29-23-13-5-9-17-7-3-11-20(17)23)31-26(22)30-24-14-6-10-18-8-4-12-21(18)24/h5-6,9-10,13-15H,2-4,7-8,11-12H2,1H3,(H2,29,30,31). The van der Waals surface area contributed by atoms with Crippen LogP contribution < -0.4 is 10.6 Å². The van der Waals surface area contributed by atoms with Crippen molar-refractivity contribution in [3.8, 4) is 6.07 Å². The number of aryl methyl sites for hydroxylation is 2. The van der Waals surface area contributed by atoms with Gasteiger partial charge in [-0.25, -0.2) is 9.78 Å². The molecule has 1 aromatic heterocycles. The van der Waals surface area contributed by atoms with E-state index >= 15 is 0 Å². The van der Waals surface area contributed by atoms with Crippen molar-refractivity contribution in [2.75, 3.05) is 17.2 Å². The predicted molar refractivity (Wildman–Crippen MR) is 128 cm³/mol. The second-order valence-electron chi connectivity index (χ2n) is 8.46. The highest BCUT2D eigenvalue weighted by Gasteiger charge is 2.22. The number of nitrogens with one attached hydrogen (secondary N) is 2. The highest BCUT2D eigenvalue weighted by Crippen LogP contribution is 2.35. The number of nitrogens with zero attached hydrogens (tertiary/aromatic N) is 2. The summed E-state index contributed by atoms with van der Waals surface area (Å²) < 4.78 is 5.27. The van der Waals surface area contributed by atoms with E-state index in [1.54, 1.807) is 13.0 Å². The Hall–Kier alpha value is -3.85. The molecule has 2 aromatic carbocycles. The van der Waals surface area contributed by atoms with E-state index in [1.807, 2.05) is 24.3 Å². The van der Waals surface area contributed by atoms with Gasteiger partial charge in [-0.1, -0.05) is 24.3 Å². The van der Waals surface area contributed by atoms with E-state index in [1.165, 1.54) is 22.3 Å². The summed E-state index contributed by atoms with van der Waals surface area (Å²) in [6.07, 6.45) is 6.36. The van der Waals surface area contributed by atoms with Crippen LogP contribution in [0.15, 0.2) is 42.5 Å². The molecule has 0 spiro atoms. The Morgan fingerprint density at radius 1 is 0.970 bits per heavy atom. The summed E-state index contributed by atoms with van der Waals surface area (Å²) in [6.45, 7) is 2.01. The number of benzene rings is 2. The van der Waals surface area contributed by atoms with Gasteiger partial charge in [0.05, 0.1) is 12.2 Å². The van der Waals surface area contributed by atoms with Crippen LogP contribution in [0.25, 0.3) is 0 Å². The largest absolute Gasteiger partial charge is 0.462 e. The van der Waals surface area contributed by atoms with Crippen LogP contribution in [0, 0.1) is 11.3 Å². The van der Waals surface area contributed by atoms with Crippen LogP contribution in [0.4, 0.5) is 23.0 Å². The van der Waals surface area contributed by atoms with Gasteiger partial charge in [0.25, 0.3) is 0 Å². The molecule has 2 N–H and O–H groups in total. The minimum absolute atomic E-state index is 0.247. The molecule has 6 heteroatoms. The average molecular weight is 439 g/mol. The Balaban J connectivity index is 1.58. The van der Waals surface area contributed by atoms with Crippen LogP contribution >= 0.6 is 0 Å². The smallest absolute Gasteiger partial charge is 0.341 e. The maximum absolute atomic E-state index is 12.7. The van der Waals surface area contributed by atoms with Crippen LogP contribution in [0.2, 0.25) is 0 Å². The molecule has 2 aliphatic rings. The van der Waals surface area contributed by atoms with Crippen molar-refractivity contribution in [3.05, 3.63) is 75.8 Å². The fourth-order valence-corrected chi connectivity index (χ4v) is 4.88. The lowest BCUT2D eigenvalue weighted by atomic mass is 10.1. The van der Waals surface area contributed by atoms with Gasteiger partial charge < -0.3 is 15.4 Å². The molecule has 0 aliphatic heterocycles. The van der Waals surface area contributed by atoms with Gasteiger partial charge in [0, 0.05) is 11.4 Å². The molecule has 0 saturated carbocycles. The third-order valence-electron chi connectivity index (χ3n) is 6.44. The molecule has 0 radical (unpaired) electrons. The number of fused-ring (bicyclic) bond motifs is 2. The normalized spacial score (nSPS) is 13.7. The van der Waals surface area contributed by atoms with E-state index in [0.29, 0.717) is 17.2 Å². The molecule has 1 heterocycles. The van der Waals surface area contributed by atoms with E-state index in [9.17, 15) is 10.1 Å². The number of hydrogen-bond donors (Lipinski definition) is 2. The number of pyridine rings is 1. The lowest BCUT2D eigenvalue weighted by molar-refractivity contribution is 0.0527. The first-order chi connectivity index (χ1) is 16.2. The number of rotatable bonds is 6. The van der Waals surface area contributed by atoms with E-state index < -0.39 is 5.97 Å². The molecule has 0 unspecified atom stereocenters. The first-order valence-electron chi connectivity index (χ1n) is 11.6. The highest BCUT2D eigenvalue weighted by molar-refractivity contribution is 5.97. The van der Waals surface area contributed by atoms with E-state index in [2.05, 4.69) is 28.8 Å². The van der Waals surface area contributed by atoms with Crippen molar-refractivity contribution in [3.63, 3.8) is 0 Å². The molecule has 5 rings (SSSR count). The number of ether oxygens (including phenoxy) is 1. The zero-order chi connectivity index (χ0) is 22.8. The van der Waals surface area contributed by atoms with E-state index in [4.69, 9.17) is 9.72 Å². The van der Waals surface area contributed by atoms with Crippen LogP contribution in [0.3, 0.4) is 0 Å². The van der Waals surface area contributed by atoms with E-state index in [-0.39, 0.29) is 12.2 Å². The summed E-state index contributed by atoms with van der Waals surface area (Å²) in [4.78, 5) is 17.5. The SMILES string of the molecule is CCOC(=O)c1cc(C#N)c(Nc2cccc3c2CCC3)nc1Nc1cccc2c1CCC2. The number of carbonyl (C=O) groups is 1. The molecular weight excluding hydrogens is 412 g/mol. The molecule has 0 fully saturated rings. The summed E-state index contributed by atoms with van der Waals surface area (Å²) in [5.74, 6) is 0.326. The van der Waals surface area contributed by atoms with Gasteiger partial charge in [-0.2, -0.15) is 5.26 Å². The Labute approximate surface area is 193 Å². The predicted octanol–water partition coefficient (Wildman–Crippen LogP) is 5.59. The summed E-state index contributed by atoms with van der Waals surface area (Å²) >= 11 is 0. The number of nitriles is 1. The lowest BCUT2D eigenvalue weighted by Crippen LogP contribution is -2.12. The second-order valence-corrected chi connectivity index (χ2v) is 8.46. The van der Waals surface area contributed by atoms with Gasteiger partial charge >= 0.3 is 5.97 Å². The van der Waals surface area contributed by atoms with Crippen LogP contribution in [0.5, 0.6) is 0 Å². The highest BCUT2D eigenvalue weighted by atomic mass is 16.5. The number of esters is 1. The first-order valence-corrected chi connectivity index (χ1v) is 11.6. The minimum Gasteiger partial charge on any atom is -0.462 e. The van der Waals surface area contributed by atoms with Crippen molar-refractivity contribution in [2.45, 2.75) is 45.4 Å². The lowest BCUT2D eigenvalue weighted by Gasteiger charge is -2.17. The Bertz CT molecular complexity index is 1280. The third kappa shape index (κ3) is 4.03. The quantitative estimate of drug-likeness (QED) is 0.488. The summed E-state index contributed by atoms with van der Waals surface area (Å²) in [5, 5.41) is 16.6. The first kappa shape index (κ1) is 21.0. The maximum Gasteiger partial charge on any atom is 0.341 e. The van der Waals surface area contributed by atoms with Gasteiger partial charge in [-0.05, 0) is 85.9 Å². The molecule has 3 aromatic rings. The fraction of sp³-hybridized carbons (Fsp3) is 0.296. The average Bonchev–Trinajstić information content (AvgIpc) is 3.50. The molecule has 6 nitrogen and oxygen atoms in total. The topological polar surface area (TPSA) is 87.0 Å². The summed E-state index contributed by atoms with van der Waals surface area (Å²) in [7, 11) is 0. The van der Waals surface area contributed by atoms with Crippen LogP contribution in [0.1, 0.15) is 57.9 Å². The Morgan fingerprint density at radius 2 is 1.58 bits per heavy atom. The molecule has 2 aliphatic carbocycles. The van der Waals surface area contributed by atoms with Gasteiger partial charge in [0.2, 0.25) is 0 Å². The second kappa shape index (κ2) is 8.95. The Kier molecular flexibility index (Phi) is 5.70. The summed E-state index contributed by atoms with van der Waals surface area (Å²) in [5.41, 5.74) is 7.65. The van der Waals surface area contributed by atoms with Crippen molar-refractivity contribution in [1.29, 1.82) is 5.26 Å². The van der Waals surface area contributed by atoms with Crippen LogP contribution in [-0.2, 0) is 30.4 Å². The van der Waals surface area contributed by atoms with Gasteiger partial charge in [-0.15, -0.1) is 0 Å². The van der Waals surface area contributed by atoms with Gasteiger partial charge in [-0.3, -0.25) is 0 Å². The van der Waals surface area contributed by atoms with Crippen molar-refractivity contribution in [2.24, 2.45) is 0 Å². The zero-order valence-corrected chi connectivity index (χ0v) is 18.7. The third-order valence-corrected chi connectivity index (χ3v) is 6.44. The molecule has 0 saturated heterocycles. The number of hydrogen-bond acceptors (Lipinski definition) is 6. The van der Waals surface area contributed by atoms with Crippen molar-refractivity contribution < 1.29 is 9.53 Å². The molecule has 0 amide bonds. The van der Waals surface area contributed by atoms with E-state index in [0.717, 1.165) is 49.9 Å². The van der Waals surface area contributed by atoms with Crippen molar-refractivity contribution >= 4 is 29.0 Å². The number of aromatic nitrogens is 1. The molecule has 33 heavy (non-hydrogen) atoms. The van der Waals surface area contributed by atoms with Crippen LogP contribution in [-0.4, -0.2) is 17.6 Å². The molecular formula is C27H26N4O2. The fourth-order valence-electron chi connectivity index (χ4n) is 4.88. The number of carbonyl (C=O) groups excluding carboxylic acids is 1. The minimum atomic E-state index is -0.497. The summed E-state index contributed by atoms with van der Waals surface area (Å²) in [6, 6.07) is 16.1. The van der Waals surface area contributed by atoms with Crippen molar-refractivity contribution in [1.82, 2.24) is 4.98 Å². The molecule has 166 valence electrons.